The predicted octanol–water partition coefficient (Wildman–Crippen LogP) is 7.84. The molecule has 0 spiro atoms. The molecular weight excluding hydrogens is 617 g/mol. The van der Waals surface area contributed by atoms with E-state index >= 15 is 8.78 Å². The molecule has 258 valence electrons. The van der Waals surface area contributed by atoms with Crippen molar-refractivity contribution in [2.24, 2.45) is 0 Å². The maximum Gasteiger partial charge on any atom is 0.319 e. The van der Waals surface area contributed by atoms with Gasteiger partial charge in [-0.05, 0) is 99.0 Å². The van der Waals surface area contributed by atoms with Gasteiger partial charge < -0.3 is 15.2 Å². The van der Waals surface area contributed by atoms with Gasteiger partial charge in [-0.15, -0.1) is 0 Å². The number of fused-ring (bicyclic) bond motifs is 2. The Hall–Kier alpha value is -3.70. The fraction of sp³-hybridized carbons (Fsp3) is 0.541. The first-order valence-electron chi connectivity index (χ1n) is 17.7. The summed E-state index contributed by atoms with van der Waals surface area (Å²) in [7, 11) is 0. The number of benzene rings is 2. The van der Waals surface area contributed by atoms with Crippen molar-refractivity contribution in [1.82, 2.24) is 25.2 Å². The van der Waals surface area contributed by atoms with E-state index in [1.165, 1.54) is 12.1 Å². The largest absolute Gasteiger partial charge is 0.508 e. The van der Waals surface area contributed by atoms with Crippen molar-refractivity contribution in [3.8, 4) is 23.0 Å². The van der Waals surface area contributed by atoms with Crippen LogP contribution in [0.3, 0.4) is 0 Å². The molecule has 2 fully saturated rings. The number of halogens is 3. The average molecular weight is 665 g/mol. The number of phenolic OH excluding ortho intramolecular Hbond substituents is 1. The second kappa shape index (κ2) is 14.4. The number of hydrogen-bond acceptors (Lipinski definition) is 8. The number of aryl methyl sites for hydroxylation is 2. The van der Waals surface area contributed by atoms with Gasteiger partial charge in [-0.2, -0.15) is 9.97 Å². The van der Waals surface area contributed by atoms with Gasteiger partial charge in [0.25, 0.3) is 0 Å². The first-order valence-corrected chi connectivity index (χ1v) is 17.7. The van der Waals surface area contributed by atoms with Crippen LogP contribution in [0.25, 0.3) is 32.9 Å². The van der Waals surface area contributed by atoms with Crippen molar-refractivity contribution in [2.45, 2.75) is 103 Å². The standard InChI is InChI=1S/C35H41F3N6O2.C2H6/c1-3-7-27(37)39-18-21-9-11-26-29-32(42-34(43-33(29)40-21)46-19-35-12-5-14-44(35)15-6-13-35)30(38)31(41-26)24-17-22(45)16-20-8-10-25(36)23(4-2)28(20)24;1-2/h8,10,16-17,21,27,39,45H,3-7,9,11-15,18-19H2,1-2H3,(H,40,42,43);1-2H3. The van der Waals surface area contributed by atoms with E-state index in [2.05, 4.69) is 20.5 Å². The minimum atomic E-state index is -1.13. The summed E-state index contributed by atoms with van der Waals surface area (Å²) < 4.78 is 52.7. The number of phenols is 1. The third-order valence-corrected chi connectivity index (χ3v) is 10.1. The molecule has 5 heterocycles. The average Bonchev–Trinajstić information content (AvgIpc) is 3.62. The number of alkyl halides is 1. The highest BCUT2D eigenvalue weighted by Crippen LogP contribution is 2.42. The van der Waals surface area contributed by atoms with E-state index in [1.54, 1.807) is 12.1 Å². The molecule has 0 radical (unpaired) electrons. The SMILES string of the molecule is CC.CCCC(F)NCC1CCc2nc(-c3cc(O)cc4ccc(F)c(CC)c34)c(F)c3nc(OCC45CCCN4CCC5)nc(c23)N1. The molecule has 3 aliphatic rings. The zero-order chi connectivity index (χ0) is 34.0. The summed E-state index contributed by atoms with van der Waals surface area (Å²) in [6.07, 6.45) is 5.72. The number of pyridine rings is 1. The molecule has 0 aliphatic carbocycles. The summed E-state index contributed by atoms with van der Waals surface area (Å²) in [5.74, 6) is -0.774. The van der Waals surface area contributed by atoms with Gasteiger partial charge >= 0.3 is 6.01 Å². The monoisotopic (exact) mass is 664 g/mol. The third kappa shape index (κ3) is 6.39. The van der Waals surface area contributed by atoms with E-state index in [1.807, 2.05) is 27.7 Å². The van der Waals surface area contributed by atoms with Crippen molar-refractivity contribution >= 4 is 27.5 Å². The Morgan fingerprint density at radius 3 is 2.58 bits per heavy atom. The second-order valence-corrected chi connectivity index (χ2v) is 13.0. The van der Waals surface area contributed by atoms with Crippen LogP contribution < -0.4 is 15.4 Å². The summed E-state index contributed by atoms with van der Waals surface area (Å²) >= 11 is 0. The zero-order valence-electron chi connectivity index (χ0n) is 28.4. The molecule has 0 bridgehead atoms. The molecule has 2 saturated heterocycles. The summed E-state index contributed by atoms with van der Waals surface area (Å²) in [4.78, 5) is 16.7. The maximum atomic E-state index is 16.9. The number of nitrogens with zero attached hydrogens (tertiary/aromatic N) is 4. The van der Waals surface area contributed by atoms with Gasteiger partial charge in [0, 0.05) is 18.2 Å². The van der Waals surface area contributed by atoms with E-state index in [9.17, 15) is 9.50 Å². The molecule has 2 aromatic carbocycles. The Bertz CT molecular complexity index is 1780. The third-order valence-electron chi connectivity index (χ3n) is 10.1. The topological polar surface area (TPSA) is 95.4 Å². The minimum absolute atomic E-state index is 0.0148. The smallest absolute Gasteiger partial charge is 0.319 e. The minimum Gasteiger partial charge on any atom is -0.508 e. The van der Waals surface area contributed by atoms with Gasteiger partial charge in [-0.1, -0.05) is 40.2 Å². The second-order valence-electron chi connectivity index (χ2n) is 13.0. The van der Waals surface area contributed by atoms with Crippen molar-refractivity contribution in [3.63, 3.8) is 0 Å². The molecule has 2 aromatic heterocycles. The Morgan fingerprint density at radius 1 is 1.08 bits per heavy atom. The number of anilines is 1. The molecule has 3 aliphatic heterocycles. The van der Waals surface area contributed by atoms with Crippen LogP contribution in [0.15, 0.2) is 24.3 Å². The molecule has 2 atom stereocenters. The van der Waals surface area contributed by atoms with Gasteiger partial charge in [0.2, 0.25) is 0 Å². The number of aromatic hydroxyl groups is 1. The van der Waals surface area contributed by atoms with Gasteiger partial charge in [-0.3, -0.25) is 10.2 Å². The predicted molar refractivity (Wildman–Crippen MR) is 184 cm³/mol. The molecule has 2 unspecified atom stereocenters. The summed E-state index contributed by atoms with van der Waals surface area (Å²) in [5.41, 5.74) is 1.27. The highest BCUT2D eigenvalue weighted by atomic mass is 19.1. The van der Waals surface area contributed by atoms with Crippen molar-refractivity contribution in [3.05, 3.63) is 47.2 Å². The highest BCUT2D eigenvalue weighted by Gasteiger charge is 2.45. The Labute approximate surface area is 280 Å². The molecule has 4 aromatic rings. The van der Waals surface area contributed by atoms with Gasteiger partial charge in [0.15, 0.2) is 12.1 Å². The van der Waals surface area contributed by atoms with Gasteiger partial charge in [0.1, 0.15) is 35.2 Å². The summed E-state index contributed by atoms with van der Waals surface area (Å²) in [6, 6.07) is 5.79. The fourth-order valence-corrected chi connectivity index (χ4v) is 7.80. The molecular formula is C37H47F3N6O2. The van der Waals surface area contributed by atoms with E-state index in [-0.39, 0.29) is 34.6 Å². The normalized spacial score (nSPS) is 19.0. The number of nitrogens with one attached hydrogen (secondary N) is 2. The first-order chi connectivity index (χ1) is 23.3. The molecule has 8 nitrogen and oxygen atoms in total. The lowest BCUT2D eigenvalue weighted by molar-refractivity contribution is 0.108. The number of ether oxygens (including phenoxy) is 1. The van der Waals surface area contributed by atoms with E-state index in [0.717, 1.165) is 45.2 Å². The quantitative estimate of drug-likeness (QED) is 0.148. The van der Waals surface area contributed by atoms with E-state index < -0.39 is 17.9 Å². The molecule has 48 heavy (non-hydrogen) atoms. The van der Waals surface area contributed by atoms with Crippen molar-refractivity contribution in [1.29, 1.82) is 0 Å². The van der Waals surface area contributed by atoms with Gasteiger partial charge in [0.05, 0.1) is 16.6 Å². The molecule has 0 saturated carbocycles. The lowest BCUT2D eigenvalue weighted by atomic mass is 9.94. The van der Waals surface area contributed by atoms with Crippen LogP contribution in [0.5, 0.6) is 11.8 Å². The number of rotatable bonds is 10. The molecule has 0 amide bonds. The van der Waals surface area contributed by atoms with Crippen molar-refractivity contribution in [2.75, 3.05) is 31.6 Å². The van der Waals surface area contributed by atoms with Gasteiger partial charge in [-0.25, -0.2) is 18.2 Å². The molecule has 3 N–H and O–H groups in total. The van der Waals surface area contributed by atoms with Crippen molar-refractivity contribution < 1.29 is 23.0 Å². The van der Waals surface area contributed by atoms with Crippen LogP contribution in [-0.4, -0.2) is 69.1 Å². The van der Waals surface area contributed by atoms with E-state index in [0.29, 0.717) is 77.6 Å². The van der Waals surface area contributed by atoms with Crippen LogP contribution in [0.4, 0.5) is 19.0 Å². The Kier molecular flexibility index (Phi) is 10.3. The Morgan fingerprint density at radius 2 is 1.85 bits per heavy atom. The maximum absolute atomic E-state index is 16.9. The first kappa shape index (κ1) is 34.2. The fourth-order valence-electron chi connectivity index (χ4n) is 7.80. The molecule has 11 heteroatoms. The molecule has 7 rings (SSSR count). The lowest BCUT2D eigenvalue weighted by Gasteiger charge is -2.31. The zero-order valence-corrected chi connectivity index (χ0v) is 28.4. The highest BCUT2D eigenvalue weighted by molar-refractivity contribution is 6.02. The van der Waals surface area contributed by atoms with Crippen LogP contribution >= 0.6 is 0 Å². The Balaban J connectivity index is 0.00000197. The van der Waals surface area contributed by atoms with Crippen LogP contribution in [0, 0.1) is 11.6 Å². The summed E-state index contributed by atoms with van der Waals surface area (Å²) in [5, 5.41) is 18.6. The number of aromatic nitrogens is 3. The van der Waals surface area contributed by atoms with Crippen LogP contribution in [0.2, 0.25) is 0 Å². The lowest BCUT2D eigenvalue weighted by Crippen LogP contribution is -2.43. The van der Waals surface area contributed by atoms with Crippen LogP contribution in [-0.2, 0) is 12.8 Å². The van der Waals surface area contributed by atoms with Crippen LogP contribution in [0.1, 0.15) is 83.9 Å². The summed E-state index contributed by atoms with van der Waals surface area (Å²) in [6.45, 7) is 10.6. The van der Waals surface area contributed by atoms with E-state index in [4.69, 9.17) is 14.7 Å². The number of hydrogen-bond donors (Lipinski definition) is 3.